The van der Waals surface area contributed by atoms with Gasteiger partial charge in [-0.2, -0.15) is 26.3 Å². The Labute approximate surface area is 137 Å². The van der Waals surface area contributed by atoms with Crippen molar-refractivity contribution in [3.05, 3.63) is 85.6 Å². The van der Waals surface area contributed by atoms with Crippen molar-refractivity contribution in [2.75, 3.05) is 0 Å². The monoisotopic (exact) mass is 348 g/mol. The second-order valence-electron chi connectivity index (χ2n) is 4.56. The lowest BCUT2D eigenvalue weighted by Crippen LogP contribution is -2.52. The number of rotatable bonds is 7. The first-order chi connectivity index (χ1) is 11.0. The minimum atomic E-state index is -5.65. The second kappa shape index (κ2) is 8.57. The zero-order chi connectivity index (χ0) is 19.0. The Morgan fingerprint density at radius 2 is 1.12 bits per heavy atom. The van der Waals surface area contributed by atoms with Crippen molar-refractivity contribution in [3.8, 4) is 0 Å². The first kappa shape index (κ1) is 21.8. The lowest BCUT2D eigenvalue weighted by atomic mass is 9.71. The van der Waals surface area contributed by atoms with Crippen molar-refractivity contribution in [3.63, 3.8) is 0 Å². The molecule has 0 heterocycles. The van der Waals surface area contributed by atoms with E-state index in [1.54, 1.807) is 0 Å². The van der Waals surface area contributed by atoms with E-state index in [9.17, 15) is 26.3 Å². The summed E-state index contributed by atoms with van der Waals surface area (Å²) in [4.78, 5) is 0. The van der Waals surface area contributed by atoms with E-state index in [1.807, 2.05) is 0 Å². The minimum Gasteiger partial charge on any atom is -0.169 e. The summed E-state index contributed by atoms with van der Waals surface area (Å²) in [5.74, 6) is 0. The van der Waals surface area contributed by atoms with Crippen molar-refractivity contribution in [2.24, 2.45) is 5.41 Å². The van der Waals surface area contributed by atoms with Gasteiger partial charge in [0.05, 0.1) is 0 Å². The SMILES string of the molecule is C=C/C=C\C(=C/C=C)C(C(/C=C\C)=C/C=C)(C(F)(F)F)C(F)(F)F. The maximum atomic E-state index is 13.8. The summed E-state index contributed by atoms with van der Waals surface area (Å²) >= 11 is 0. The Hall–Kier alpha value is -2.24. The summed E-state index contributed by atoms with van der Waals surface area (Å²) in [6.45, 7) is 11.0. The van der Waals surface area contributed by atoms with Gasteiger partial charge < -0.3 is 0 Å². The maximum absolute atomic E-state index is 13.8. The van der Waals surface area contributed by atoms with E-state index in [1.165, 1.54) is 6.92 Å². The van der Waals surface area contributed by atoms with Gasteiger partial charge in [-0.05, 0) is 18.1 Å². The van der Waals surface area contributed by atoms with Crippen LogP contribution >= 0.6 is 0 Å². The van der Waals surface area contributed by atoms with Crippen LogP contribution in [0.1, 0.15) is 6.92 Å². The first-order valence-corrected chi connectivity index (χ1v) is 6.76. The molecule has 0 nitrogen and oxygen atoms in total. The molecule has 0 aromatic rings. The highest BCUT2D eigenvalue weighted by Crippen LogP contribution is 2.60. The lowest BCUT2D eigenvalue weighted by molar-refractivity contribution is -0.308. The molecule has 0 saturated heterocycles. The fourth-order valence-electron chi connectivity index (χ4n) is 2.20. The molecule has 0 spiro atoms. The highest BCUT2D eigenvalue weighted by atomic mass is 19.4. The molecule has 0 saturated carbocycles. The van der Waals surface area contributed by atoms with Crippen LogP contribution in [0.2, 0.25) is 0 Å². The second-order valence-corrected chi connectivity index (χ2v) is 4.56. The topological polar surface area (TPSA) is 0 Å². The molecule has 24 heavy (non-hydrogen) atoms. The Morgan fingerprint density at radius 3 is 1.42 bits per heavy atom. The number of allylic oxidation sites excluding steroid dienone is 11. The van der Waals surface area contributed by atoms with Crippen LogP contribution in [0, 0.1) is 5.41 Å². The van der Waals surface area contributed by atoms with E-state index in [2.05, 4.69) is 19.7 Å². The predicted octanol–water partition coefficient (Wildman–Crippen LogP) is 6.64. The standard InChI is InChI=1S/C18H18F6/c1-5-9-13-15(12-8-4)16(17(19,20)21,18(22,23)24)14(10-6-2)11-7-3/h5-13H,1-2,4H2,3H3/b11-7-,13-9-,14-10+,15-12+. The van der Waals surface area contributed by atoms with Crippen molar-refractivity contribution < 1.29 is 26.3 Å². The molecule has 0 amide bonds. The summed E-state index contributed by atoms with van der Waals surface area (Å²) in [5, 5.41) is 0. The minimum absolute atomic E-state index is 0.682. The summed E-state index contributed by atoms with van der Waals surface area (Å²) in [6, 6.07) is 0. The average Bonchev–Trinajstić information content (AvgIpc) is 2.42. The first-order valence-electron chi connectivity index (χ1n) is 6.76. The maximum Gasteiger partial charge on any atom is 0.411 e. The third-order valence-electron chi connectivity index (χ3n) is 3.07. The van der Waals surface area contributed by atoms with Gasteiger partial charge in [-0.3, -0.25) is 0 Å². The van der Waals surface area contributed by atoms with Crippen LogP contribution < -0.4 is 0 Å². The molecule has 0 bridgehead atoms. The summed E-state index contributed by atoms with van der Waals surface area (Å²) in [5.41, 5.74) is -6.25. The van der Waals surface area contributed by atoms with Crippen LogP contribution in [0.15, 0.2) is 85.6 Å². The van der Waals surface area contributed by atoms with Crippen molar-refractivity contribution in [1.29, 1.82) is 0 Å². The van der Waals surface area contributed by atoms with Crippen LogP contribution in [0.5, 0.6) is 0 Å². The Kier molecular flexibility index (Phi) is 7.77. The smallest absolute Gasteiger partial charge is 0.169 e. The van der Waals surface area contributed by atoms with Crippen LogP contribution in [-0.4, -0.2) is 12.4 Å². The number of hydrogen-bond donors (Lipinski definition) is 0. The van der Waals surface area contributed by atoms with Gasteiger partial charge in [-0.1, -0.05) is 74.4 Å². The molecule has 0 aliphatic carbocycles. The molecule has 0 N–H and O–H groups in total. The summed E-state index contributed by atoms with van der Waals surface area (Å²) in [7, 11) is 0. The Balaban J connectivity index is 7.23. The molecule has 0 aromatic heterocycles. The molecule has 0 fully saturated rings. The molecule has 0 radical (unpaired) electrons. The molecule has 0 rings (SSSR count). The van der Waals surface area contributed by atoms with Gasteiger partial charge >= 0.3 is 12.4 Å². The third kappa shape index (κ3) is 4.19. The number of hydrogen-bond acceptors (Lipinski definition) is 0. The Morgan fingerprint density at radius 1 is 0.708 bits per heavy atom. The zero-order valence-corrected chi connectivity index (χ0v) is 13.1. The molecule has 0 atom stereocenters. The zero-order valence-electron chi connectivity index (χ0n) is 13.1. The van der Waals surface area contributed by atoms with Gasteiger partial charge in [0.1, 0.15) is 0 Å². The molecular formula is C18H18F6. The van der Waals surface area contributed by atoms with Gasteiger partial charge in [-0.25, -0.2) is 0 Å². The third-order valence-corrected chi connectivity index (χ3v) is 3.07. The molecule has 0 aliphatic heterocycles. The number of halogens is 6. The van der Waals surface area contributed by atoms with Gasteiger partial charge in [0.25, 0.3) is 0 Å². The van der Waals surface area contributed by atoms with E-state index in [0.717, 1.165) is 42.5 Å². The van der Waals surface area contributed by atoms with E-state index in [0.29, 0.717) is 12.2 Å². The molecule has 0 unspecified atom stereocenters. The van der Waals surface area contributed by atoms with Gasteiger partial charge in [0, 0.05) is 0 Å². The van der Waals surface area contributed by atoms with E-state index < -0.39 is 28.9 Å². The number of alkyl halides is 6. The predicted molar refractivity (Wildman–Crippen MR) is 85.3 cm³/mol. The normalized spacial score (nSPS) is 15.1. The molecular weight excluding hydrogens is 330 g/mol. The fraction of sp³-hybridized carbons (Fsp3) is 0.222. The molecule has 0 aliphatic rings. The fourth-order valence-corrected chi connectivity index (χ4v) is 2.20. The van der Waals surface area contributed by atoms with Crippen LogP contribution in [-0.2, 0) is 0 Å². The summed E-state index contributed by atoms with van der Waals surface area (Å²) < 4.78 is 82.8. The van der Waals surface area contributed by atoms with E-state index in [-0.39, 0.29) is 0 Å². The van der Waals surface area contributed by atoms with E-state index in [4.69, 9.17) is 0 Å². The van der Waals surface area contributed by atoms with Gasteiger partial charge in [0.15, 0.2) is 0 Å². The van der Waals surface area contributed by atoms with E-state index >= 15 is 0 Å². The Bertz CT molecular complexity index is 566. The van der Waals surface area contributed by atoms with Gasteiger partial charge in [-0.15, -0.1) is 0 Å². The molecule has 6 heteroatoms. The van der Waals surface area contributed by atoms with Gasteiger partial charge in [0.2, 0.25) is 5.41 Å². The average molecular weight is 348 g/mol. The van der Waals surface area contributed by atoms with Crippen molar-refractivity contribution >= 4 is 0 Å². The van der Waals surface area contributed by atoms with Crippen LogP contribution in [0.25, 0.3) is 0 Å². The molecule has 0 aromatic carbocycles. The van der Waals surface area contributed by atoms with Crippen LogP contribution in [0.3, 0.4) is 0 Å². The van der Waals surface area contributed by atoms with Crippen LogP contribution in [0.4, 0.5) is 26.3 Å². The largest absolute Gasteiger partial charge is 0.411 e. The quantitative estimate of drug-likeness (QED) is 0.357. The highest BCUT2D eigenvalue weighted by Gasteiger charge is 2.73. The summed E-state index contributed by atoms with van der Waals surface area (Å²) in [6.07, 6.45) is -3.51. The van der Waals surface area contributed by atoms with Crippen molar-refractivity contribution in [2.45, 2.75) is 19.3 Å². The highest BCUT2D eigenvalue weighted by molar-refractivity contribution is 5.48. The lowest BCUT2D eigenvalue weighted by Gasteiger charge is -2.39. The van der Waals surface area contributed by atoms with Crippen molar-refractivity contribution in [1.82, 2.24) is 0 Å². The molecule has 132 valence electrons.